The van der Waals surface area contributed by atoms with Gasteiger partial charge >= 0.3 is 18.1 Å². The number of aromatic nitrogens is 1. The van der Waals surface area contributed by atoms with E-state index in [1.807, 2.05) is 35.8 Å². The molecule has 1 N–H and O–H groups in total. The predicted octanol–water partition coefficient (Wildman–Crippen LogP) is 4.29. The van der Waals surface area contributed by atoms with Crippen molar-refractivity contribution in [2.75, 3.05) is 0 Å². The topological polar surface area (TPSA) is 60.3 Å². The fourth-order valence-corrected chi connectivity index (χ4v) is 5.20. The van der Waals surface area contributed by atoms with Crippen molar-refractivity contribution < 1.29 is 27.2 Å². The molecule has 0 saturated heterocycles. The first kappa shape index (κ1) is 23.2. The number of halogens is 3. The van der Waals surface area contributed by atoms with E-state index >= 15 is 0 Å². The number of carbonyl (C=O) groups excluding carboxylic acids is 2. The van der Waals surface area contributed by atoms with E-state index in [1.54, 1.807) is 19.6 Å². The van der Waals surface area contributed by atoms with Gasteiger partial charge in [0.05, 0.1) is 0 Å². The molecule has 2 aromatic rings. The van der Waals surface area contributed by atoms with Gasteiger partial charge in [-0.3, -0.25) is 9.59 Å². The van der Waals surface area contributed by atoms with Crippen molar-refractivity contribution in [1.29, 1.82) is 0 Å². The summed E-state index contributed by atoms with van der Waals surface area (Å²) >= 11 is 0. The van der Waals surface area contributed by atoms with Gasteiger partial charge in [-0.15, -0.1) is 0 Å². The second kappa shape index (κ2) is 7.98. The lowest BCUT2D eigenvalue weighted by Crippen LogP contribution is -2.50. The Morgan fingerprint density at radius 2 is 1.69 bits per heavy atom. The van der Waals surface area contributed by atoms with E-state index in [-0.39, 0.29) is 6.42 Å². The van der Waals surface area contributed by atoms with Crippen LogP contribution in [0.1, 0.15) is 5.56 Å². The molecule has 0 radical (unpaired) electrons. The zero-order valence-electron chi connectivity index (χ0n) is 17.5. The van der Waals surface area contributed by atoms with Gasteiger partial charge in [0.15, 0.2) is 8.24 Å². The number of nitrogens with one attached hydrogen (secondary N) is 1. The number of amides is 1. The zero-order valence-corrected chi connectivity index (χ0v) is 19.5. The van der Waals surface area contributed by atoms with E-state index in [4.69, 9.17) is 4.43 Å². The summed E-state index contributed by atoms with van der Waals surface area (Å²) in [5, 5.41) is 2.68. The Balaban J connectivity index is 2.45. The lowest BCUT2D eigenvalue weighted by molar-refractivity contribution is -0.175. The third kappa shape index (κ3) is 5.95. The van der Waals surface area contributed by atoms with Gasteiger partial charge in [0, 0.05) is 17.3 Å². The average molecular weight is 445 g/mol. The summed E-state index contributed by atoms with van der Waals surface area (Å²) in [6.45, 7) is 11.7. The van der Waals surface area contributed by atoms with Crippen molar-refractivity contribution in [3.8, 4) is 0 Å². The van der Waals surface area contributed by atoms with Gasteiger partial charge in [-0.05, 0) is 37.5 Å². The monoisotopic (exact) mass is 444 g/mol. The maximum absolute atomic E-state index is 12.8. The normalized spacial score (nSPS) is 14.0. The minimum absolute atomic E-state index is 0.0802. The molecule has 1 aromatic carbocycles. The van der Waals surface area contributed by atoms with Crippen molar-refractivity contribution in [3.05, 3.63) is 36.0 Å². The van der Waals surface area contributed by atoms with Crippen LogP contribution in [-0.2, 0) is 20.4 Å². The first-order valence-electron chi connectivity index (χ1n) is 9.29. The van der Waals surface area contributed by atoms with Crippen LogP contribution in [0.25, 0.3) is 10.9 Å². The van der Waals surface area contributed by atoms with Gasteiger partial charge in [-0.25, -0.2) is 0 Å². The highest BCUT2D eigenvalue weighted by Crippen LogP contribution is 2.26. The molecule has 5 nitrogen and oxygen atoms in total. The van der Waals surface area contributed by atoms with Gasteiger partial charge in [-0.1, -0.05) is 37.8 Å². The van der Waals surface area contributed by atoms with Crippen LogP contribution >= 0.6 is 0 Å². The molecule has 0 fully saturated rings. The Kier molecular flexibility index (Phi) is 6.38. The Morgan fingerprint density at radius 3 is 2.21 bits per heavy atom. The largest absolute Gasteiger partial charge is 0.518 e. The van der Waals surface area contributed by atoms with Crippen molar-refractivity contribution in [2.24, 2.45) is 0 Å². The predicted molar refractivity (Wildman–Crippen MR) is 112 cm³/mol. The fourth-order valence-electron chi connectivity index (χ4n) is 2.99. The molecule has 1 heterocycles. The van der Waals surface area contributed by atoms with Gasteiger partial charge in [0.2, 0.25) is 8.32 Å². The number of carbonyl (C=O) groups is 2. The van der Waals surface area contributed by atoms with Crippen molar-refractivity contribution >= 4 is 39.3 Å². The van der Waals surface area contributed by atoms with Crippen molar-refractivity contribution in [2.45, 2.75) is 57.9 Å². The maximum atomic E-state index is 12.8. The number of para-hydroxylation sites is 1. The summed E-state index contributed by atoms with van der Waals surface area (Å²) in [5.41, 5.74) is 1.66. The molecule has 0 spiro atoms. The Morgan fingerprint density at radius 1 is 1.10 bits per heavy atom. The number of hydrogen-bond acceptors (Lipinski definition) is 3. The summed E-state index contributed by atoms with van der Waals surface area (Å²) in [4.78, 5) is 24.1. The molecule has 0 bridgehead atoms. The molecule has 160 valence electrons. The summed E-state index contributed by atoms with van der Waals surface area (Å²) in [5.74, 6) is -2.99. The summed E-state index contributed by atoms with van der Waals surface area (Å²) in [7, 11) is -4.17. The van der Waals surface area contributed by atoms with Crippen molar-refractivity contribution in [3.63, 3.8) is 0 Å². The second-order valence-electron chi connectivity index (χ2n) is 8.97. The van der Waals surface area contributed by atoms with Crippen LogP contribution in [-0.4, -0.2) is 44.9 Å². The number of alkyl halides is 3. The number of rotatable bonds is 6. The number of nitrogens with zero attached hydrogens (tertiary/aromatic N) is 1. The Hall–Kier alpha value is -2.08. The van der Waals surface area contributed by atoms with E-state index in [0.29, 0.717) is 5.56 Å². The minimum Gasteiger partial charge on any atom is -0.518 e. The van der Waals surface area contributed by atoms with Crippen LogP contribution in [0.3, 0.4) is 0 Å². The quantitative estimate of drug-likeness (QED) is 0.676. The molecule has 10 heteroatoms. The highest BCUT2D eigenvalue weighted by molar-refractivity contribution is 6.75. The molecule has 1 aromatic heterocycles. The third-order valence-electron chi connectivity index (χ3n) is 4.20. The minimum atomic E-state index is -5.08. The van der Waals surface area contributed by atoms with E-state index < -0.39 is 40.6 Å². The van der Waals surface area contributed by atoms with E-state index in [2.05, 4.69) is 23.9 Å². The second-order valence-corrected chi connectivity index (χ2v) is 18.2. The highest BCUT2D eigenvalue weighted by atomic mass is 28.4. The highest BCUT2D eigenvalue weighted by Gasteiger charge is 2.41. The van der Waals surface area contributed by atoms with Crippen LogP contribution in [0, 0.1) is 0 Å². The summed E-state index contributed by atoms with van der Waals surface area (Å²) < 4.78 is 46.0. The number of fused-ring (bicyclic) bond motifs is 1. The molecular formula is C19H27F3N2O3Si2. The van der Waals surface area contributed by atoms with Gasteiger partial charge in [-0.2, -0.15) is 13.2 Å². The van der Waals surface area contributed by atoms with Gasteiger partial charge < -0.3 is 14.0 Å². The first-order valence-corrected chi connectivity index (χ1v) is 16.1. The molecule has 0 aliphatic heterocycles. The molecule has 0 aliphatic rings. The van der Waals surface area contributed by atoms with Crippen molar-refractivity contribution in [1.82, 2.24) is 9.55 Å². The first-order chi connectivity index (χ1) is 13.1. The van der Waals surface area contributed by atoms with E-state index in [1.165, 1.54) is 0 Å². The molecule has 1 unspecified atom stereocenters. The van der Waals surface area contributed by atoms with Crippen LogP contribution in [0.4, 0.5) is 13.2 Å². The zero-order chi connectivity index (χ0) is 22.2. The fraction of sp³-hybridized carbons (Fsp3) is 0.474. The number of benzene rings is 1. The van der Waals surface area contributed by atoms with Gasteiger partial charge in [0.25, 0.3) is 0 Å². The third-order valence-corrected chi connectivity index (χ3v) is 6.82. The average Bonchev–Trinajstić information content (AvgIpc) is 2.90. The summed E-state index contributed by atoms with van der Waals surface area (Å²) in [6, 6.07) is 6.13. The molecule has 0 saturated carbocycles. The molecular weight excluding hydrogens is 417 g/mol. The standard InChI is InChI=1S/C19H27F3N2O3Si2/c1-28(2,3)24-12-13(14-9-7-8-10-16(14)24)11-15(17(25)27-29(4,5)6)23-18(26)19(20,21)22/h7-10,12,15H,11H2,1-6H3,(H,23,26). The molecule has 1 amide bonds. The lowest BCUT2D eigenvalue weighted by atomic mass is 10.0. The van der Waals surface area contributed by atoms with Crippen LogP contribution < -0.4 is 5.32 Å². The maximum Gasteiger partial charge on any atom is 0.471 e. The SMILES string of the molecule is C[Si](C)(C)OC(=O)C(Cc1cn([Si](C)(C)C)c2ccccc12)NC(=O)C(F)(F)F. The Labute approximate surface area is 170 Å². The van der Waals surface area contributed by atoms with E-state index in [9.17, 15) is 22.8 Å². The van der Waals surface area contributed by atoms with Crippen LogP contribution in [0.2, 0.25) is 39.3 Å². The molecule has 1 atom stereocenters. The number of hydrogen-bond donors (Lipinski definition) is 1. The molecule has 0 aliphatic carbocycles. The van der Waals surface area contributed by atoms with Gasteiger partial charge in [0.1, 0.15) is 6.04 Å². The summed E-state index contributed by atoms with van der Waals surface area (Å²) in [6.07, 6.45) is -3.28. The van der Waals surface area contributed by atoms with E-state index in [0.717, 1.165) is 10.9 Å². The smallest absolute Gasteiger partial charge is 0.471 e. The Bertz CT molecular complexity index is 912. The lowest BCUT2D eigenvalue weighted by Gasteiger charge is -2.24. The van der Waals surface area contributed by atoms with Crippen LogP contribution in [0.15, 0.2) is 30.5 Å². The molecule has 2 rings (SSSR count). The van der Waals surface area contributed by atoms with Crippen LogP contribution in [0.5, 0.6) is 0 Å². The molecule has 29 heavy (non-hydrogen) atoms.